The van der Waals surface area contributed by atoms with Gasteiger partial charge in [0.25, 0.3) is 0 Å². The molecule has 126 valence electrons. The topological polar surface area (TPSA) is 54.4 Å². The summed E-state index contributed by atoms with van der Waals surface area (Å²) in [5, 5.41) is 3.85. The number of aromatic nitrogens is 1. The summed E-state index contributed by atoms with van der Waals surface area (Å²) in [6.07, 6.45) is 5.00. The van der Waals surface area contributed by atoms with Gasteiger partial charge in [-0.25, -0.2) is 0 Å². The van der Waals surface area contributed by atoms with Gasteiger partial charge in [0.2, 0.25) is 0 Å². The molecule has 1 aromatic carbocycles. The zero-order valence-corrected chi connectivity index (χ0v) is 14.6. The maximum Gasteiger partial charge on any atom is 0.180 e. The Morgan fingerprint density at radius 3 is 2.88 bits per heavy atom. The van der Waals surface area contributed by atoms with Gasteiger partial charge in [0.1, 0.15) is 6.54 Å². The Labute approximate surface area is 150 Å². The standard InChI is InChI=1S/C20H19N3OS/c24-15-9-22-20-17-13(15)7-4-8-14(17)23-19(12-5-2-1-3-6-12)18(20)16-10-21-11-25-16/h1-3,5-6,10-11,14,18-19,23H,4,7-9H2. The number of aliphatic imine (C=N–C) groups is 1. The van der Waals surface area contributed by atoms with E-state index in [1.165, 1.54) is 16.0 Å². The third kappa shape index (κ3) is 2.41. The molecular weight excluding hydrogens is 330 g/mol. The van der Waals surface area contributed by atoms with Crippen LogP contribution in [0.5, 0.6) is 0 Å². The fourth-order valence-electron chi connectivity index (χ4n) is 4.46. The first kappa shape index (κ1) is 15.2. The van der Waals surface area contributed by atoms with Crippen LogP contribution in [0.2, 0.25) is 0 Å². The van der Waals surface area contributed by atoms with Crippen molar-refractivity contribution in [1.82, 2.24) is 10.3 Å². The molecule has 1 aromatic heterocycles. The van der Waals surface area contributed by atoms with Gasteiger partial charge < -0.3 is 5.32 Å². The molecule has 1 N–H and O–H groups in total. The number of Topliss-reactive ketones (excluding diaryl/α,β-unsaturated/α-hetero) is 1. The van der Waals surface area contributed by atoms with E-state index in [4.69, 9.17) is 4.99 Å². The molecule has 3 atom stereocenters. The molecule has 3 heterocycles. The number of rotatable bonds is 2. The summed E-state index contributed by atoms with van der Waals surface area (Å²) in [6.45, 7) is 0.303. The van der Waals surface area contributed by atoms with Crippen LogP contribution in [0.1, 0.15) is 41.7 Å². The Kier molecular flexibility index (Phi) is 3.64. The molecule has 5 heteroatoms. The zero-order valence-electron chi connectivity index (χ0n) is 13.8. The van der Waals surface area contributed by atoms with Crippen molar-refractivity contribution in [2.75, 3.05) is 6.54 Å². The van der Waals surface area contributed by atoms with Crippen LogP contribution in [-0.2, 0) is 4.79 Å². The first-order valence-corrected chi connectivity index (χ1v) is 9.71. The first-order chi connectivity index (χ1) is 12.3. The lowest BCUT2D eigenvalue weighted by Crippen LogP contribution is -2.50. The second-order valence-electron chi connectivity index (χ2n) is 6.90. The Morgan fingerprint density at radius 2 is 2.08 bits per heavy atom. The normalized spacial score (nSPS) is 28.6. The summed E-state index contributed by atoms with van der Waals surface area (Å²) in [6, 6.07) is 11.0. The van der Waals surface area contributed by atoms with E-state index in [2.05, 4.69) is 40.6 Å². The Balaban J connectivity index is 1.68. The molecule has 25 heavy (non-hydrogen) atoms. The molecule has 5 rings (SSSR count). The lowest BCUT2D eigenvalue weighted by Gasteiger charge is -2.44. The Bertz CT molecular complexity index is 870. The summed E-state index contributed by atoms with van der Waals surface area (Å²) >= 11 is 1.67. The van der Waals surface area contributed by atoms with Gasteiger partial charge in [-0.3, -0.25) is 14.8 Å². The number of ketones is 1. The van der Waals surface area contributed by atoms with Gasteiger partial charge in [-0.1, -0.05) is 30.3 Å². The number of hydrogen-bond acceptors (Lipinski definition) is 5. The monoisotopic (exact) mass is 349 g/mol. The van der Waals surface area contributed by atoms with E-state index in [1.807, 2.05) is 11.7 Å². The van der Waals surface area contributed by atoms with E-state index >= 15 is 0 Å². The zero-order chi connectivity index (χ0) is 16.8. The molecular formula is C20H19N3OS. The average molecular weight is 349 g/mol. The van der Waals surface area contributed by atoms with Crippen molar-refractivity contribution in [2.24, 2.45) is 4.99 Å². The van der Waals surface area contributed by atoms with E-state index in [9.17, 15) is 4.79 Å². The summed E-state index contributed by atoms with van der Waals surface area (Å²) in [7, 11) is 0. The van der Waals surface area contributed by atoms with Gasteiger partial charge >= 0.3 is 0 Å². The summed E-state index contributed by atoms with van der Waals surface area (Å²) in [5.74, 6) is 0.341. The van der Waals surface area contributed by atoms with Crippen molar-refractivity contribution in [3.8, 4) is 0 Å². The smallest absolute Gasteiger partial charge is 0.180 e. The third-order valence-corrected chi connectivity index (χ3v) is 6.38. The Hall–Kier alpha value is -2.11. The molecule has 0 spiro atoms. The van der Waals surface area contributed by atoms with Crippen LogP contribution in [-0.4, -0.2) is 29.1 Å². The van der Waals surface area contributed by atoms with Gasteiger partial charge in [0, 0.05) is 28.7 Å². The second-order valence-corrected chi connectivity index (χ2v) is 7.82. The van der Waals surface area contributed by atoms with Crippen LogP contribution in [0.25, 0.3) is 0 Å². The minimum atomic E-state index is 0.127. The molecule has 0 bridgehead atoms. The van der Waals surface area contributed by atoms with Crippen molar-refractivity contribution in [3.05, 3.63) is 63.6 Å². The molecule has 0 saturated carbocycles. The molecule has 4 nitrogen and oxygen atoms in total. The predicted octanol–water partition coefficient (Wildman–Crippen LogP) is 3.44. The van der Waals surface area contributed by atoms with E-state index in [0.29, 0.717) is 6.54 Å². The maximum absolute atomic E-state index is 12.4. The van der Waals surface area contributed by atoms with Crippen LogP contribution < -0.4 is 5.32 Å². The SMILES string of the molecule is O=C1CN=C2C3=C1CCCC3NC(c1ccccc1)C2c1cncs1. The lowest BCUT2D eigenvalue weighted by atomic mass is 9.71. The van der Waals surface area contributed by atoms with Gasteiger partial charge in [-0.05, 0) is 30.4 Å². The average Bonchev–Trinajstić information content (AvgIpc) is 3.19. The number of benzene rings is 1. The molecule has 1 aliphatic carbocycles. The molecule has 2 aliphatic heterocycles. The first-order valence-electron chi connectivity index (χ1n) is 8.83. The van der Waals surface area contributed by atoms with Crippen LogP contribution in [0.4, 0.5) is 0 Å². The Morgan fingerprint density at radius 1 is 1.20 bits per heavy atom. The van der Waals surface area contributed by atoms with Crippen molar-refractivity contribution < 1.29 is 4.79 Å². The van der Waals surface area contributed by atoms with Gasteiger partial charge in [-0.15, -0.1) is 11.3 Å². The van der Waals surface area contributed by atoms with Crippen molar-refractivity contribution >= 4 is 22.8 Å². The van der Waals surface area contributed by atoms with Crippen LogP contribution in [0.3, 0.4) is 0 Å². The molecule has 2 aromatic rings. The van der Waals surface area contributed by atoms with Gasteiger partial charge in [0.15, 0.2) is 5.78 Å². The van der Waals surface area contributed by atoms with Crippen molar-refractivity contribution in [3.63, 3.8) is 0 Å². The van der Waals surface area contributed by atoms with E-state index in [-0.39, 0.29) is 23.8 Å². The van der Waals surface area contributed by atoms with Crippen LogP contribution in [0, 0.1) is 0 Å². The van der Waals surface area contributed by atoms with Crippen LogP contribution >= 0.6 is 11.3 Å². The largest absolute Gasteiger partial charge is 0.302 e. The predicted molar refractivity (Wildman–Crippen MR) is 99.1 cm³/mol. The number of carbonyl (C=O) groups excluding carboxylic acids is 1. The number of nitrogens with zero attached hydrogens (tertiary/aromatic N) is 2. The fourth-order valence-corrected chi connectivity index (χ4v) is 5.22. The highest BCUT2D eigenvalue weighted by Crippen LogP contribution is 2.45. The molecule has 3 aliphatic rings. The fraction of sp³-hybridized carbons (Fsp3) is 0.350. The number of hydrogen-bond donors (Lipinski definition) is 1. The summed E-state index contributed by atoms with van der Waals surface area (Å²) in [5.41, 5.74) is 6.49. The van der Waals surface area contributed by atoms with Gasteiger partial charge in [-0.2, -0.15) is 0 Å². The van der Waals surface area contributed by atoms with Gasteiger partial charge in [0.05, 0.1) is 17.1 Å². The molecule has 1 saturated heterocycles. The quantitative estimate of drug-likeness (QED) is 0.903. The maximum atomic E-state index is 12.4. The minimum Gasteiger partial charge on any atom is -0.302 e. The second kappa shape index (κ2) is 6.00. The van der Waals surface area contributed by atoms with Crippen molar-refractivity contribution in [2.45, 2.75) is 37.3 Å². The highest BCUT2D eigenvalue weighted by Gasteiger charge is 2.44. The summed E-state index contributed by atoms with van der Waals surface area (Å²) in [4.78, 5) is 22.7. The molecule has 0 radical (unpaired) electrons. The molecule has 0 amide bonds. The van der Waals surface area contributed by atoms with Crippen molar-refractivity contribution in [1.29, 1.82) is 0 Å². The number of carbonyl (C=O) groups is 1. The molecule has 3 unspecified atom stereocenters. The molecule has 1 fully saturated rings. The number of thiazole rings is 1. The number of nitrogens with one attached hydrogen (secondary N) is 1. The number of dihydropyridines is 1. The number of piperidine rings is 1. The highest BCUT2D eigenvalue weighted by atomic mass is 32.1. The lowest BCUT2D eigenvalue weighted by molar-refractivity contribution is -0.114. The van der Waals surface area contributed by atoms with E-state index in [0.717, 1.165) is 30.5 Å². The van der Waals surface area contributed by atoms with E-state index < -0.39 is 0 Å². The van der Waals surface area contributed by atoms with E-state index in [1.54, 1.807) is 11.3 Å². The highest BCUT2D eigenvalue weighted by molar-refractivity contribution is 7.09. The third-order valence-electron chi connectivity index (χ3n) is 5.52. The van der Waals surface area contributed by atoms with Crippen LogP contribution in [0.15, 0.2) is 58.2 Å². The minimum absolute atomic E-state index is 0.127. The summed E-state index contributed by atoms with van der Waals surface area (Å²) < 4.78 is 0.